The van der Waals surface area contributed by atoms with E-state index < -0.39 is 17.7 Å². The highest BCUT2D eigenvalue weighted by Gasteiger charge is 2.48. The van der Waals surface area contributed by atoms with Crippen molar-refractivity contribution in [2.75, 3.05) is 4.90 Å². The number of aromatic nitrogens is 1. The molecule has 1 unspecified atom stereocenters. The molecule has 1 amide bonds. The number of benzene rings is 2. The molecule has 6 nitrogen and oxygen atoms in total. The van der Waals surface area contributed by atoms with Crippen molar-refractivity contribution in [3.05, 3.63) is 81.8 Å². The van der Waals surface area contributed by atoms with Crippen LogP contribution in [-0.4, -0.2) is 27.9 Å². The molecule has 4 rings (SSSR count). The van der Waals surface area contributed by atoms with Gasteiger partial charge in [0.25, 0.3) is 5.78 Å². The van der Waals surface area contributed by atoms with Gasteiger partial charge in [0, 0.05) is 22.2 Å². The van der Waals surface area contributed by atoms with Crippen LogP contribution in [0.15, 0.2) is 65.7 Å². The number of aliphatic hydroxyl groups excluding tert-OH is 1. The molecule has 1 aliphatic rings. The summed E-state index contributed by atoms with van der Waals surface area (Å²) in [6.45, 7) is 3.83. The first-order valence-corrected chi connectivity index (χ1v) is 10.9. The van der Waals surface area contributed by atoms with Crippen LogP contribution in [-0.2, 0) is 9.59 Å². The molecule has 0 spiro atoms. The van der Waals surface area contributed by atoms with E-state index in [0.29, 0.717) is 27.0 Å². The van der Waals surface area contributed by atoms with Gasteiger partial charge < -0.3 is 9.84 Å². The first kappa shape index (κ1) is 21.1. The molecule has 158 valence electrons. The molecule has 1 aliphatic heterocycles. The zero-order chi connectivity index (χ0) is 22.1. The Balaban J connectivity index is 1.85. The lowest BCUT2D eigenvalue weighted by molar-refractivity contribution is -0.132. The van der Waals surface area contributed by atoms with E-state index in [0.717, 1.165) is 0 Å². The van der Waals surface area contributed by atoms with Crippen LogP contribution in [0, 0.1) is 0 Å². The monoisotopic (exact) mass is 454 g/mol. The zero-order valence-corrected chi connectivity index (χ0v) is 18.4. The number of hydrogen-bond donors (Lipinski definition) is 1. The second-order valence-corrected chi connectivity index (χ2v) is 8.54. The van der Waals surface area contributed by atoms with Gasteiger partial charge in [-0.1, -0.05) is 23.7 Å². The Bertz CT molecular complexity index is 1160. The minimum absolute atomic E-state index is 0.00546. The minimum Gasteiger partial charge on any atom is -0.507 e. The van der Waals surface area contributed by atoms with Crippen molar-refractivity contribution in [3.8, 4) is 5.75 Å². The Morgan fingerprint density at radius 3 is 2.55 bits per heavy atom. The number of carbonyl (C=O) groups is 2. The van der Waals surface area contributed by atoms with E-state index in [9.17, 15) is 14.7 Å². The van der Waals surface area contributed by atoms with Crippen LogP contribution in [0.5, 0.6) is 5.75 Å². The second kappa shape index (κ2) is 8.53. The first-order valence-electron chi connectivity index (χ1n) is 9.60. The van der Waals surface area contributed by atoms with Crippen LogP contribution in [0.1, 0.15) is 31.0 Å². The van der Waals surface area contributed by atoms with Crippen LogP contribution >= 0.6 is 22.9 Å². The quantitative estimate of drug-likeness (QED) is 0.325. The van der Waals surface area contributed by atoms with Gasteiger partial charge in [-0.2, -0.15) is 0 Å². The van der Waals surface area contributed by atoms with E-state index in [1.54, 1.807) is 60.1 Å². The molecule has 3 aromatic rings. The third-order valence-corrected chi connectivity index (χ3v) is 5.74. The standard InChI is InChI=1S/C23H19ClN2O4S/c1-13(2)30-17-8-6-14(7-9-17)20(27)18-19(15-4-3-5-16(24)12-15)26(22(29)21(18)28)23-25-10-11-31-23/h3-13,19,27H,1-2H3. The topological polar surface area (TPSA) is 79.7 Å². The fraction of sp³-hybridized carbons (Fsp3) is 0.174. The highest BCUT2D eigenvalue weighted by molar-refractivity contribution is 7.14. The Morgan fingerprint density at radius 2 is 1.94 bits per heavy atom. The van der Waals surface area contributed by atoms with Crippen LogP contribution in [0.3, 0.4) is 0 Å². The fourth-order valence-electron chi connectivity index (χ4n) is 3.48. The Kier molecular flexibility index (Phi) is 5.80. The summed E-state index contributed by atoms with van der Waals surface area (Å²) >= 11 is 7.41. The maximum atomic E-state index is 13.0. The third-order valence-electron chi connectivity index (χ3n) is 4.73. The van der Waals surface area contributed by atoms with Crippen molar-refractivity contribution in [1.29, 1.82) is 0 Å². The number of nitrogens with zero attached hydrogens (tertiary/aromatic N) is 2. The van der Waals surface area contributed by atoms with E-state index in [4.69, 9.17) is 16.3 Å². The molecular formula is C23H19ClN2O4S. The summed E-state index contributed by atoms with van der Waals surface area (Å²) < 4.78 is 5.63. The third kappa shape index (κ3) is 4.06. The first-order chi connectivity index (χ1) is 14.9. The molecule has 8 heteroatoms. The summed E-state index contributed by atoms with van der Waals surface area (Å²) in [5.74, 6) is -1.15. The zero-order valence-electron chi connectivity index (χ0n) is 16.8. The number of rotatable bonds is 5. The van der Waals surface area contributed by atoms with E-state index >= 15 is 0 Å². The molecular weight excluding hydrogens is 436 g/mol. The molecule has 0 bridgehead atoms. The molecule has 1 atom stereocenters. The van der Waals surface area contributed by atoms with E-state index in [2.05, 4.69) is 4.98 Å². The van der Waals surface area contributed by atoms with Gasteiger partial charge in [-0.25, -0.2) is 4.98 Å². The number of thiazole rings is 1. The number of Topliss-reactive ketones (excluding diaryl/α,β-unsaturated/α-hetero) is 1. The van der Waals surface area contributed by atoms with E-state index in [1.807, 2.05) is 13.8 Å². The number of ketones is 1. The van der Waals surface area contributed by atoms with Crippen molar-refractivity contribution < 1.29 is 19.4 Å². The van der Waals surface area contributed by atoms with Gasteiger partial charge in [-0.05, 0) is 55.8 Å². The van der Waals surface area contributed by atoms with Gasteiger partial charge in [0.2, 0.25) is 0 Å². The van der Waals surface area contributed by atoms with Crippen molar-refractivity contribution >= 4 is 45.5 Å². The summed E-state index contributed by atoms with van der Waals surface area (Å²) in [5, 5.41) is 13.6. The average Bonchev–Trinajstić information content (AvgIpc) is 3.35. The SMILES string of the molecule is CC(C)Oc1ccc(C(O)=C2C(=O)C(=O)N(c3nccs3)C2c2cccc(Cl)c2)cc1. The van der Waals surface area contributed by atoms with Gasteiger partial charge in [-0.15, -0.1) is 11.3 Å². The van der Waals surface area contributed by atoms with Crippen molar-refractivity contribution in [3.63, 3.8) is 0 Å². The summed E-state index contributed by atoms with van der Waals surface area (Å²) in [6.07, 6.45) is 1.56. The predicted molar refractivity (Wildman–Crippen MR) is 121 cm³/mol. The molecule has 1 N–H and O–H groups in total. The summed E-state index contributed by atoms with van der Waals surface area (Å²) in [6, 6.07) is 12.7. The number of carbonyl (C=O) groups excluding carboxylic acids is 2. The lowest BCUT2D eigenvalue weighted by Crippen LogP contribution is -2.29. The van der Waals surface area contributed by atoms with Crippen LogP contribution < -0.4 is 9.64 Å². The highest BCUT2D eigenvalue weighted by atomic mass is 35.5. The Hall–Kier alpha value is -3.16. The van der Waals surface area contributed by atoms with Crippen LogP contribution in [0.4, 0.5) is 5.13 Å². The molecule has 2 heterocycles. The number of aliphatic hydroxyl groups is 1. The average molecular weight is 455 g/mol. The maximum Gasteiger partial charge on any atom is 0.301 e. The normalized spacial score (nSPS) is 18.1. The molecule has 0 aliphatic carbocycles. The van der Waals surface area contributed by atoms with Gasteiger partial charge in [-0.3, -0.25) is 14.5 Å². The largest absolute Gasteiger partial charge is 0.507 e. The fourth-order valence-corrected chi connectivity index (χ4v) is 4.34. The Morgan fingerprint density at radius 1 is 1.19 bits per heavy atom. The second-order valence-electron chi connectivity index (χ2n) is 7.23. The van der Waals surface area contributed by atoms with Crippen molar-refractivity contribution in [2.24, 2.45) is 0 Å². The lowest BCUT2D eigenvalue weighted by atomic mass is 9.95. The van der Waals surface area contributed by atoms with Gasteiger partial charge >= 0.3 is 5.91 Å². The molecule has 1 fully saturated rings. The molecule has 31 heavy (non-hydrogen) atoms. The number of anilines is 1. The highest BCUT2D eigenvalue weighted by Crippen LogP contribution is 2.43. The molecule has 0 saturated carbocycles. The lowest BCUT2D eigenvalue weighted by Gasteiger charge is -2.23. The summed E-state index contributed by atoms with van der Waals surface area (Å²) in [4.78, 5) is 31.5. The summed E-state index contributed by atoms with van der Waals surface area (Å²) in [7, 11) is 0. The molecule has 0 radical (unpaired) electrons. The van der Waals surface area contributed by atoms with Crippen LogP contribution in [0.2, 0.25) is 5.02 Å². The molecule has 1 saturated heterocycles. The predicted octanol–water partition coefficient (Wildman–Crippen LogP) is 5.21. The van der Waals surface area contributed by atoms with Gasteiger partial charge in [0.15, 0.2) is 5.13 Å². The number of ether oxygens (including phenoxy) is 1. The number of halogens is 1. The summed E-state index contributed by atoms with van der Waals surface area (Å²) in [5.41, 5.74) is 0.989. The van der Waals surface area contributed by atoms with Gasteiger partial charge in [0.1, 0.15) is 11.5 Å². The van der Waals surface area contributed by atoms with Crippen LogP contribution in [0.25, 0.3) is 5.76 Å². The number of hydrogen-bond acceptors (Lipinski definition) is 6. The Labute approximate surface area is 188 Å². The number of amides is 1. The molecule has 1 aromatic heterocycles. The van der Waals surface area contributed by atoms with E-state index in [1.165, 1.54) is 16.2 Å². The maximum absolute atomic E-state index is 13.0. The van der Waals surface area contributed by atoms with Crippen molar-refractivity contribution in [2.45, 2.75) is 26.0 Å². The van der Waals surface area contributed by atoms with Gasteiger partial charge in [0.05, 0.1) is 17.7 Å². The van der Waals surface area contributed by atoms with E-state index in [-0.39, 0.29) is 17.4 Å². The van der Waals surface area contributed by atoms with Crippen molar-refractivity contribution in [1.82, 2.24) is 4.98 Å². The minimum atomic E-state index is -0.851. The molecule has 2 aromatic carbocycles. The smallest absolute Gasteiger partial charge is 0.301 e.